The van der Waals surface area contributed by atoms with Crippen LogP contribution in [0, 0.1) is 29.1 Å². The highest BCUT2D eigenvalue weighted by Gasteiger charge is 2.61. The third kappa shape index (κ3) is 1.86. The molecule has 1 spiro atoms. The van der Waals surface area contributed by atoms with Gasteiger partial charge < -0.3 is 10.2 Å². The van der Waals surface area contributed by atoms with E-state index in [1.54, 1.807) is 0 Å². The van der Waals surface area contributed by atoms with Crippen LogP contribution in [0.5, 0.6) is 0 Å². The normalized spacial score (nSPS) is 43.3. The zero-order chi connectivity index (χ0) is 15.1. The van der Waals surface area contributed by atoms with E-state index < -0.39 is 5.92 Å². The van der Waals surface area contributed by atoms with Gasteiger partial charge in [0.05, 0.1) is 0 Å². The number of hydrogen-bond donors (Lipinski definition) is 1. The molecule has 5 aliphatic rings. The summed E-state index contributed by atoms with van der Waals surface area (Å²) >= 11 is 0. The van der Waals surface area contributed by atoms with Gasteiger partial charge in [-0.2, -0.15) is 0 Å². The fraction of sp³-hybridized carbons (Fsp3) is 0.941. The van der Waals surface area contributed by atoms with Gasteiger partial charge in [0, 0.05) is 32.0 Å². The lowest BCUT2D eigenvalue weighted by atomic mass is 9.50. The first kappa shape index (κ1) is 13.6. The van der Waals surface area contributed by atoms with Crippen LogP contribution in [0.2, 0.25) is 0 Å². The van der Waals surface area contributed by atoms with Crippen molar-refractivity contribution in [2.45, 2.75) is 56.9 Å². The molecule has 5 fully saturated rings. The minimum Gasteiger partial charge on any atom is -0.338 e. The van der Waals surface area contributed by atoms with Crippen molar-refractivity contribution in [3.05, 3.63) is 0 Å². The molecule has 4 atom stereocenters. The Morgan fingerprint density at radius 2 is 1.95 bits per heavy atom. The summed E-state index contributed by atoms with van der Waals surface area (Å²) in [6.07, 6.45) is 5.75. The summed E-state index contributed by atoms with van der Waals surface area (Å²) in [6, 6.07) is 0.585. The molecule has 4 saturated carbocycles. The van der Waals surface area contributed by atoms with Crippen molar-refractivity contribution in [1.82, 2.24) is 10.2 Å². The van der Waals surface area contributed by atoms with E-state index in [2.05, 4.69) is 10.2 Å². The van der Waals surface area contributed by atoms with Gasteiger partial charge in [-0.25, -0.2) is 13.6 Å². The number of amides is 2. The van der Waals surface area contributed by atoms with Crippen LogP contribution in [0.4, 0.5) is 13.6 Å². The van der Waals surface area contributed by atoms with Gasteiger partial charge in [0.25, 0.3) is 0 Å². The van der Waals surface area contributed by atoms with Gasteiger partial charge in [0.15, 0.2) is 0 Å². The van der Waals surface area contributed by atoms with E-state index in [-0.39, 0.29) is 24.3 Å². The lowest BCUT2D eigenvalue weighted by molar-refractivity contribution is -0.205. The van der Waals surface area contributed by atoms with Crippen LogP contribution < -0.4 is 5.32 Å². The standard InChI is InChI=1S/C17H24F2N2O/c18-17(19)8-16(9-17)4-11(5-16)6-20-15(22)21-7-12-1-10-2-13(12)14(21)3-10/h10-14H,1-9H2,(H,20,22). The number of carbonyl (C=O) groups is 1. The number of nitrogens with zero attached hydrogens (tertiary/aromatic N) is 1. The summed E-state index contributed by atoms with van der Waals surface area (Å²) in [5.41, 5.74) is -0.0790. The SMILES string of the molecule is O=C(NCC1CC2(C1)CC(F)(F)C2)N1CC2CC3CC2C1C3. The molecule has 122 valence electrons. The van der Waals surface area contributed by atoms with Crippen LogP contribution in [0.3, 0.4) is 0 Å². The topological polar surface area (TPSA) is 32.3 Å². The van der Waals surface area contributed by atoms with Gasteiger partial charge in [-0.1, -0.05) is 0 Å². The summed E-state index contributed by atoms with van der Waals surface area (Å²) in [5.74, 6) is 0.376. The van der Waals surface area contributed by atoms with E-state index >= 15 is 0 Å². The Hall–Kier alpha value is -0.870. The van der Waals surface area contributed by atoms with Gasteiger partial charge in [-0.05, 0) is 61.2 Å². The van der Waals surface area contributed by atoms with E-state index in [1.807, 2.05) is 0 Å². The Kier molecular flexibility index (Phi) is 2.56. The molecule has 0 aromatic heterocycles. The third-order valence-electron chi connectivity index (χ3n) is 7.26. The first-order chi connectivity index (χ1) is 10.4. The summed E-state index contributed by atoms with van der Waals surface area (Å²) in [4.78, 5) is 14.5. The Morgan fingerprint density at radius 1 is 1.18 bits per heavy atom. The molecule has 0 aromatic rings. The molecular weight excluding hydrogens is 286 g/mol. The fourth-order valence-corrected chi connectivity index (χ4v) is 6.62. The molecule has 1 saturated heterocycles. The second kappa shape index (κ2) is 4.15. The molecule has 5 rings (SSSR count). The number of rotatable bonds is 2. The molecule has 2 bridgehead atoms. The largest absolute Gasteiger partial charge is 0.338 e. The van der Waals surface area contributed by atoms with Crippen molar-refractivity contribution in [2.75, 3.05) is 13.1 Å². The van der Waals surface area contributed by atoms with Gasteiger partial charge in [0.2, 0.25) is 5.92 Å². The van der Waals surface area contributed by atoms with Gasteiger partial charge >= 0.3 is 6.03 Å². The average molecular weight is 310 g/mol. The average Bonchev–Trinajstić information content (AvgIpc) is 2.98. The van der Waals surface area contributed by atoms with Crippen LogP contribution in [0.15, 0.2) is 0 Å². The summed E-state index contributed by atoms with van der Waals surface area (Å²) < 4.78 is 26.0. The molecule has 0 aromatic carbocycles. The van der Waals surface area contributed by atoms with Crippen LogP contribution in [-0.2, 0) is 0 Å². The van der Waals surface area contributed by atoms with E-state index in [4.69, 9.17) is 0 Å². The molecule has 0 radical (unpaired) electrons. The number of likely N-dealkylation sites (tertiary alicyclic amines) is 1. The highest BCUT2D eigenvalue weighted by Crippen LogP contribution is 2.64. The van der Waals surface area contributed by atoms with Gasteiger partial charge in [-0.15, -0.1) is 0 Å². The number of alkyl halides is 2. The van der Waals surface area contributed by atoms with Gasteiger partial charge in [0.1, 0.15) is 0 Å². The van der Waals surface area contributed by atoms with Crippen molar-refractivity contribution in [3.8, 4) is 0 Å². The van der Waals surface area contributed by atoms with E-state index in [0.717, 1.165) is 37.1 Å². The molecule has 4 aliphatic carbocycles. The maximum Gasteiger partial charge on any atom is 0.317 e. The number of urea groups is 1. The number of halogens is 2. The molecule has 5 heteroatoms. The van der Waals surface area contributed by atoms with Crippen molar-refractivity contribution in [2.24, 2.45) is 29.1 Å². The second-order valence-corrected chi connectivity index (χ2v) is 8.89. The van der Waals surface area contributed by atoms with Crippen LogP contribution in [0.1, 0.15) is 44.9 Å². The van der Waals surface area contributed by atoms with Crippen LogP contribution in [0.25, 0.3) is 0 Å². The van der Waals surface area contributed by atoms with E-state index in [0.29, 0.717) is 18.5 Å². The zero-order valence-electron chi connectivity index (χ0n) is 12.9. The molecule has 1 N–H and O–H groups in total. The number of fused-ring (bicyclic) bond motifs is 1. The Bertz CT molecular complexity index is 505. The fourth-order valence-electron chi connectivity index (χ4n) is 6.62. The zero-order valence-corrected chi connectivity index (χ0v) is 12.9. The van der Waals surface area contributed by atoms with Crippen molar-refractivity contribution in [1.29, 1.82) is 0 Å². The van der Waals surface area contributed by atoms with Crippen molar-refractivity contribution >= 4 is 6.03 Å². The van der Waals surface area contributed by atoms with E-state index in [1.165, 1.54) is 19.3 Å². The van der Waals surface area contributed by atoms with Gasteiger partial charge in [-0.3, -0.25) is 0 Å². The van der Waals surface area contributed by atoms with Crippen LogP contribution in [-0.4, -0.2) is 36.0 Å². The Labute approximate surface area is 129 Å². The molecule has 3 nitrogen and oxygen atoms in total. The lowest BCUT2D eigenvalue weighted by Gasteiger charge is -2.57. The summed E-state index contributed by atoms with van der Waals surface area (Å²) in [5, 5.41) is 3.08. The third-order valence-corrected chi connectivity index (χ3v) is 7.26. The minimum absolute atomic E-state index is 0.0728. The Balaban J connectivity index is 1.11. The van der Waals surface area contributed by atoms with Crippen LogP contribution >= 0.6 is 0 Å². The molecular formula is C17H24F2N2O. The first-order valence-corrected chi connectivity index (χ1v) is 8.85. The van der Waals surface area contributed by atoms with Crippen molar-refractivity contribution in [3.63, 3.8) is 0 Å². The second-order valence-electron chi connectivity index (χ2n) is 8.89. The predicted octanol–water partition coefficient (Wildman–Crippen LogP) is 3.25. The predicted molar refractivity (Wildman–Crippen MR) is 77.6 cm³/mol. The summed E-state index contributed by atoms with van der Waals surface area (Å²) in [7, 11) is 0. The quantitative estimate of drug-likeness (QED) is 0.834. The van der Waals surface area contributed by atoms with E-state index in [9.17, 15) is 13.6 Å². The maximum atomic E-state index is 13.0. The minimum atomic E-state index is -2.41. The summed E-state index contributed by atoms with van der Waals surface area (Å²) in [6.45, 7) is 1.62. The molecule has 2 amide bonds. The molecule has 1 aliphatic heterocycles. The molecule has 4 unspecified atom stereocenters. The number of carbonyl (C=O) groups excluding carboxylic acids is 1. The first-order valence-electron chi connectivity index (χ1n) is 8.85. The maximum absolute atomic E-state index is 13.0. The lowest BCUT2D eigenvalue weighted by Crippen LogP contribution is -2.56. The monoisotopic (exact) mass is 310 g/mol. The molecule has 1 heterocycles. The highest BCUT2D eigenvalue weighted by molar-refractivity contribution is 5.75. The number of hydrogen-bond acceptors (Lipinski definition) is 1. The highest BCUT2D eigenvalue weighted by atomic mass is 19.3. The molecule has 22 heavy (non-hydrogen) atoms. The smallest absolute Gasteiger partial charge is 0.317 e. The Morgan fingerprint density at radius 3 is 2.59 bits per heavy atom. The number of nitrogens with one attached hydrogen (secondary N) is 1. The van der Waals surface area contributed by atoms with Crippen molar-refractivity contribution < 1.29 is 13.6 Å².